The zero-order valence-corrected chi connectivity index (χ0v) is 15.9. The molecule has 8 heteroatoms. The average molecular weight is 392 g/mol. The zero-order chi connectivity index (χ0) is 20.1. The van der Waals surface area contributed by atoms with Crippen LogP contribution in [0, 0.1) is 5.82 Å². The zero-order valence-electron chi connectivity index (χ0n) is 15.9. The summed E-state index contributed by atoms with van der Waals surface area (Å²) in [7, 11) is 0. The Bertz CT molecular complexity index is 897. The quantitative estimate of drug-likeness (QED) is 0.790. The number of nitrogens with zero attached hydrogens (tertiary/aromatic N) is 4. The topological polar surface area (TPSA) is 41.4 Å². The number of benzene rings is 1. The summed E-state index contributed by atoms with van der Waals surface area (Å²) < 4.78 is 40.7. The van der Waals surface area contributed by atoms with Crippen LogP contribution in [-0.4, -0.2) is 44.8 Å². The summed E-state index contributed by atoms with van der Waals surface area (Å²) in [5.41, 5.74) is -0.110. The minimum Gasteiger partial charge on any atom is -0.364 e. The third-order valence-corrected chi connectivity index (χ3v) is 5.98. The molecule has 2 saturated heterocycles. The first kappa shape index (κ1) is 18.8. The first-order chi connectivity index (χ1) is 13.2. The third kappa shape index (κ3) is 2.95. The number of halogens is 3. The molecule has 5 nitrogen and oxygen atoms in total. The maximum absolute atomic E-state index is 13.8. The Labute approximate surface area is 161 Å². The standard InChI is InChI=1S/C20H23F3N4O/c1-19(2)12-20(13-26(19)15-6-3-5-14(21)11-15)8-4-10-25(20)17(28)16-7-9-24-27(16)18(22)23/h3,5-7,9,11,18H,4,8,10,12-13H2,1-2H3. The Morgan fingerprint density at radius 1 is 1.25 bits per heavy atom. The van der Waals surface area contributed by atoms with Gasteiger partial charge in [-0.3, -0.25) is 4.79 Å². The summed E-state index contributed by atoms with van der Waals surface area (Å²) in [5.74, 6) is -0.735. The first-order valence-electron chi connectivity index (χ1n) is 9.40. The number of alkyl halides is 2. The average Bonchev–Trinajstić information content (AvgIpc) is 3.32. The van der Waals surface area contributed by atoms with Crippen LogP contribution in [0.15, 0.2) is 36.5 Å². The molecule has 28 heavy (non-hydrogen) atoms. The van der Waals surface area contributed by atoms with Crippen LogP contribution in [0.4, 0.5) is 18.9 Å². The smallest absolute Gasteiger partial charge is 0.333 e. The highest BCUT2D eigenvalue weighted by Gasteiger charge is 2.55. The van der Waals surface area contributed by atoms with Crippen LogP contribution in [-0.2, 0) is 0 Å². The van der Waals surface area contributed by atoms with Gasteiger partial charge in [-0.15, -0.1) is 0 Å². The van der Waals surface area contributed by atoms with Crippen molar-refractivity contribution in [2.24, 2.45) is 0 Å². The van der Waals surface area contributed by atoms with Crippen molar-refractivity contribution in [3.63, 3.8) is 0 Å². The lowest BCUT2D eigenvalue weighted by atomic mass is 9.87. The van der Waals surface area contributed by atoms with Gasteiger partial charge in [-0.1, -0.05) is 6.07 Å². The highest BCUT2D eigenvalue weighted by molar-refractivity contribution is 5.93. The minimum atomic E-state index is -2.86. The van der Waals surface area contributed by atoms with E-state index < -0.39 is 18.0 Å². The molecule has 150 valence electrons. The Morgan fingerprint density at radius 2 is 2.04 bits per heavy atom. The number of hydrogen-bond donors (Lipinski definition) is 0. The number of carbonyl (C=O) groups excluding carboxylic acids is 1. The number of anilines is 1. The summed E-state index contributed by atoms with van der Waals surface area (Å²) in [6.07, 6.45) is 3.50. The van der Waals surface area contributed by atoms with Gasteiger partial charge in [-0.05, 0) is 57.4 Å². The second kappa shape index (κ2) is 6.53. The van der Waals surface area contributed by atoms with E-state index in [-0.39, 0.29) is 17.1 Å². The van der Waals surface area contributed by atoms with Crippen LogP contribution in [0.25, 0.3) is 0 Å². The van der Waals surface area contributed by atoms with Gasteiger partial charge < -0.3 is 9.80 Å². The fourth-order valence-corrected chi connectivity index (χ4v) is 4.93. The van der Waals surface area contributed by atoms with Crippen molar-refractivity contribution in [3.05, 3.63) is 48.0 Å². The van der Waals surface area contributed by atoms with Crippen molar-refractivity contribution in [2.45, 2.75) is 50.7 Å². The second-order valence-corrected chi connectivity index (χ2v) is 8.28. The Hall–Kier alpha value is -2.51. The fraction of sp³-hybridized carbons (Fsp3) is 0.500. The molecular formula is C20H23F3N4O. The lowest BCUT2D eigenvalue weighted by molar-refractivity contribution is 0.0413. The van der Waals surface area contributed by atoms with Crippen LogP contribution in [0.2, 0.25) is 0 Å². The van der Waals surface area contributed by atoms with Gasteiger partial charge in [-0.25, -0.2) is 4.39 Å². The lowest BCUT2D eigenvalue weighted by Gasteiger charge is -2.35. The molecule has 2 aromatic rings. The van der Waals surface area contributed by atoms with E-state index in [0.717, 1.165) is 18.5 Å². The van der Waals surface area contributed by atoms with Crippen LogP contribution in [0.3, 0.4) is 0 Å². The fourth-order valence-electron chi connectivity index (χ4n) is 4.93. The molecule has 1 amide bonds. The van der Waals surface area contributed by atoms with E-state index >= 15 is 0 Å². The van der Waals surface area contributed by atoms with Crippen LogP contribution < -0.4 is 4.90 Å². The molecule has 0 aliphatic carbocycles. The molecule has 0 N–H and O–H groups in total. The largest absolute Gasteiger partial charge is 0.364 e. The molecule has 0 radical (unpaired) electrons. The highest BCUT2D eigenvalue weighted by Crippen LogP contribution is 2.47. The van der Waals surface area contributed by atoms with E-state index in [2.05, 4.69) is 23.8 Å². The number of amides is 1. The van der Waals surface area contributed by atoms with Crippen molar-refractivity contribution in [3.8, 4) is 0 Å². The molecule has 2 fully saturated rings. The molecule has 2 aliphatic heterocycles. The molecule has 1 spiro atoms. The van der Waals surface area contributed by atoms with Crippen LogP contribution >= 0.6 is 0 Å². The normalized spacial score (nSPS) is 23.9. The van der Waals surface area contributed by atoms with E-state index in [1.807, 2.05) is 6.07 Å². The van der Waals surface area contributed by atoms with Crippen molar-refractivity contribution in [1.29, 1.82) is 0 Å². The van der Waals surface area contributed by atoms with Gasteiger partial charge >= 0.3 is 6.55 Å². The monoisotopic (exact) mass is 392 g/mol. The molecule has 1 atom stereocenters. The van der Waals surface area contributed by atoms with Gasteiger partial charge in [0.2, 0.25) is 0 Å². The third-order valence-electron chi connectivity index (χ3n) is 5.98. The van der Waals surface area contributed by atoms with E-state index in [9.17, 15) is 18.0 Å². The van der Waals surface area contributed by atoms with Crippen molar-refractivity contribution < 1.29 is 18.0 Å². The SMILES string of the molecule is CC1(C)CC2(CCCN2C(=O)c2ccnn2C(F)F)CN1c1cccc(F)c1. The molecule has 1 aromatic heterocycles. The summed E-state index contributed by atoms with van der Waals surface area (Å²) >= 11 is 0. The van der Waals surface area contributed by atoms with E-state index in [1.165, 1.54) is 24.4 Å². The number of likely N-dealkylation sites (tertiary alicyclic amines) is 1. The van der Waals surface area contributed by atoms with Gasteiger partial charge in [0, 0.05) is 30.5 Å². The summed E-state index contributed by atoms with van der Waals surface area (Å²) in [5, 5.41) is 3.59. The molecule has 4 rings (SSSR count). The van der Waals surface area contributed by atoms with Crippen molar-refractivity contribution in [2.75, 3.05) is 18.0 Å². The highest BCUT2D eigenvalue weighted by atomic mass is 19.3. The predicted molar refractivity (Wildman–Crippen MR) is 98.9 cm³/mol. The van der Waals surface area contributed by atoms with Gasteiger partial charge in [0.25, 0.3) is 5.91 Å². The summed E-state index contributed by atoms with van der Waals surface area (Å²) in [6.45, 7) is 2.32. The molecule has 0 saturated carbocycles. The van der Waals surface area contributed by atoms with E-state index in [0.29, 0.717) is 24.2 Å². The lowest BCUT2D eigenvalue weighted by Crippen LogP contribution is -2.49. The van der Waals surface area contributed by atoms with E-state index in [1.54, 1.807) is 11.0 Å². The van der Waals surface area contributed by atoms with Crippen molar-refractivity contribution in [1.82, 2.24) is 14.7 Å². The molecular weight excluding hydrogens is 369 g/mol. The van der Waals surface area contributed by atoms with Gasteiger partial charge in [0.1, 0.15) is 11.5 Å². The molecule has 2 aliphatic rings. The molecule has 1 aromatic carbocycles. The van der Waals surface area contributed by atoms with Crippen LogP contribution in [0.1, 0.15) is 50.1 Å². The molecule has 1 unspecified atom stereocenters. The summed E-state index contributed by atoms with van der Waals surface area (Å²) in [6, 6.07) is 7.76. The minimum absolute atomic E-state index is 0.0988. The predicted octanol–water partition coefficient (Wildman–Crippen LogP) is 4.08. The maximum Gasteiger partial charge on any atom is 0.333 e. The Kier molecular flexibility index (Phi) is 4.39. The Morgan fingerprint density at radius 3 is 2.75 bits per heavy atom. The number of carbonyl (C=O) groups is 1. The number of rotatable bonds is 3. The second-order valence-electron chi connectivity index (χ2n) is 8.28. The van der Waals surface area contributed by atoms with Gasteiger partial charge in [0.15, 0.2) is 0 Å². The summed E-state index contributed by atoms with van der Waals surface area (Å²) in [4.78, 5) is 17.0. The number of hydrogen-bond acceptors (Lipinski definition) is 3. The first-order valence-corrected chi connectivity index (χ1v) is 9.40. The van der Waals surface area contributed by atoms with Gasteiger partial charge in [0.05, 0.1) is 5.54 Å². The van der Waals surface area contributed by atoms with Gasteiger partial charge in [-0.2, -0.15) is 18.6 Å². The van der Waals surface area contributed by atoms with E-state index in [4.69, 9.17) is 0 Å². The molecule has 3 heterocycles. The Balaban J connectivity index is 1.67. The van der Waals surface area contributed by atoms with Crippen molar-refractivity contribution >= 4 is 11.6 Å². The van der Waals surface area contributed by atoms with Crippen LogP contribution in [0.5, 0.6) is 0 Å². The maximum atomic E-state index is 13.8. The number of aromatic nitrogens is 2. The molecule has 0 bridgehead atoms.